The topological polar surface area (TPSA) is 56.5 Å². The first-order chi connectivity index (χ1) is 10.2. The van der Waals surface area contributed by atoms with Crippen molar-refractivity contribution in [3.63, 3.8) is 0 Å². The van der Waals surface area contributed by atoms with E-state index >= 15 is 0 Å². The number of ether oxygens (including phenoxy) is 2. The van der Waals surface area contributed by atoms with Gasteiger partial charge in [-0.3, -0.25) is 5.84 Å². The molecule has 1 heterocycles. The predicted molar refractivity (Wildman–Crippen MR) is 77.1 cm³/mol. The predicted octanol–water partition coefficient (Wildman–Crippen LogP) is 2.42. The van der Waals surface area contributed by atoms with Crippen LogP contribution in [0, 0.1) is 5.82 Å². The fraction of sp³-hybridized carbons (Fsp3) is 0.250. The quantitative estimate of drug-likeness (QED) is 0.670. The van der Waals surface area contributed by atoms with Gasteiger partial charge < -0.3 is 9.47 Å². The van der Waals surface area contributed by atoms with Crippen molar-refractivity contribution in [1.82, 2.24) is 5.43 Å². The van der Waals surface area contributed by atoms with Gasteiger partial charge in [0.05, 0.1) is 26.4 Å². The van der Waals surface area contributed by atoms with Crippen LogP contribution in [0.3, 0.4) is 0 Å². The molecule has 3 N–H and O–H groups in total. The van der Waals surface area contributed by atoms with Gasteiger partial charge in [0, 0.05) is 11.6 Å². The molecule has 1 aliphatic heterocycles. The van der Waals surface area contributed by atoms with Gasteiger partial charge in [-0.1, -0.05) is 24.3 Å². The maximum Gasteiger partial charge on any atom is 0.132 e. The molecule has 4 nitrogen and oxygen atoms in total. The van der Waals surface area contributed by atoms with Crippen LogP contribution >= 0.6 is 0 Å². The summed E-state index contributed by atoms with van der Waals surface area (Å²) in [5, 5.41) is 0. The molecular weight excluding hydrogens is 271 g/mol. The summed E-state index contributed by atoms with van der Waals surface area (Å²) in [6.07, 6.45) is 0. The summed E-state index contributed by atoms with van der Waals surface area (Å²) in [6.45, 7) is 1.22. The van der Waals surface area contributed by atoms with Crippen LogP contribution in [0.1, 0.15) is 28.3 Å². The number of methoxy groups -OCH3 is 1. The first-order valence-corrected chi connectivity index (χ1v) is 6.72. The van der Waals surface area contributed by atoms with Crippen LogP contribution in [0.4, 0.5) is 4.39 Å². The Morgan fingerprint density at radius 3 is 2.71 bits per heavy atom. The van der Waals surface area contributed by atoms with Crippen LogP contribution in [0.5, 0.6) is 5.75 Å². The lowest BCUT2D eigenvalue weighted by molar-refractivity contribution is 0.134. The Morgan fingerprint density at radius 1 is 1.19 bits per heavy atom. The summed E-state index contributed by atoms with van der Waals surface area (Å²) < 4.78 is 24.7. The average Bonchev–Trinajstić information content (AvgIpc) is 2.97. The monoisotopic (exact) mass is 288 g/mol. The molecule has 0 aromatic heterocycles. The van der Waals surface area contributed by atoms with Crippen molar-refractivity contribution < 1.29 is 13.9 Å². The number of nitrogens with two attached hydrogens (primary N) is 1. The molecular formula is C16H17FN2O2. The van der Waals surface area contributed by atoms with Gasteiger partial charge in [-0.25, -0.2) is 9.82 Å². The molecule has 2 aromatic carbocycles. The highest BCUT2D eigenvalue weighted by Crippen LogP contribution is 2.29. The van der Waals surface area contributed by atoms with Gasteiger partial charge in [-0.2, -0.15) is 0 Å². The lowest BCUT2D eigenvalue weighted by atomic mass is 9.95. The molecule has 2 aromatic rings. The molecule has 1 aliphatic rings. The first kappa shape index (κ1) is 14.0. The van der Waals surface area contributed by atoms with E-state index in [9.17, 15) is 4.39 Å². The minimum Gasteiger partial charge on any atom is -0.497 e. The second kappa shape index (κ2) is 5.81. The van der Waals surface area contributed by atoms with E-state index in [1.165, 1.54) is 18.7 Å². The molecule has 0 saturated carbocycles. The maximum atomic E-state index is 14.2. The number of fused-ring (bicyclic) bond motifs is 1. The highest BCUT2D eigenvalue weighted by Gasteiger charge is 2.20. The summed E-state index contributed by atoms with van der Waals surface area (Å²) in [5.41, 5.74) is 6.37. The third-order valence-electron chi connectivity index (χ3n) is 3.76. The van der Waals surface area contributed by atoms with Crippen LogP contribution in [-0.2, 0) is 18.0 Å². The molecule has 110 valence electrons. The van der Waals surface area contributed by atoms with Gasteiger partial charge in [-0.15, -0.1) is 0 Å². The third-order valence-corrected chi connectivity index (χ3v) is 3.76. The van der Waals surface area contributed by atoms with Crippen LogP contribution in [0.25, 0.3) is 0 Å². The number of benzene rings is 2. The van der Waals surface area contributed by atoms with Crippen LogP contribution in [0.2, 0.25) is 0 Å². The molecule has 0 fully saturated rings. The molecule has 1 atom stereocenters. The maximum absolute atomic E-state index is 14.2. The highest BCUT2D eigenvalue weighted by atomic mass is 19.1. The van der Waals surface area contributed by atoms with E-state index in [1.807, 2.05) is 18.2 Å². The summed E-state index contributed by atoms with van der Waals surface area (Å²) in [5.74, 6) is 5.77. The van der Waals surface area contributed by atoms with Crippen LogP contribution in [-0.4, -0.2) is 7.11 Å². The number of nitrogens with one attached hydrogen (secondary N) is 1. The fourth-order valence-electron chi connectivity index (χ4n) is 2.61. The zero-order valence-corrected chi connectivity index (χ0v) is 11.7. The number of hydrogen-bond acceptors (Lipinski definition) is 4. The Kier molecular flexibility index (Phi) is 3.88. The van der Waals surface area contributed by atoms with Crippen LogP contribution < -0.4 is 16.0 Å². The van der Waals surface area contributed by atoms with Crippen molar-refractivity contribution in [3.8, 4) is 5.75 Å². The Hall–Kier alpha value is -1.95. The number of halogens is 1. The van der Waals surface area contributed by atoms with Gasteiger partial charge in [0.25, 0.3) is 0 Å². The van der Waals surface area contributed by atoms with E-state index in [0.29, 0.717) is 24.5 Å². The molecule has 0 saturated heterocycles. The Morgan fingerprint density at radius 2 is 2.00 bits per heavy atom. The molecule has 0 amide bonds. The lowest BCUT2D eigenvalue weighted by Crippen LogP contribution is -2.29. The zero-order chi connectivity index (χ0) is 14.8. The first-order valence-electron chi connectivity index (χ1n) is 6.72. The summed E-state index contributed by atoms with van der Waals surface area (Å²) >= 11 is 0. The van der Waals surface area contributed by atoms with Crippen molar-refractivity contribution >= 4 is 0 Å². The molecule has 21 heavy (non-hydrogen) atoms. The Balaban J connectivity index is 1.98. The van der Waals surface area contributed by atoms with Crippen molar-refractivity contribution in [2.24, 2.45) is 5.84 Å². The van der Waals surface area contributed by atoms with Crippen molar-refractivity contribution in [2.75, 3.05) is 7.11 Å². The Labute approximate surface area is 122 Å². The largest absolute Gasteiger partial charge is 0.497 e. The highest BCUT2D eigenvalue weighted by molar-refractivity contribution is 5.40. The second-order valence-corrected chi connectivity index (χ2v) is 5.01. The minimum absolute atomic E-state index is 0.353. The number of hydrazine groups is 1. The van der Waals surface area contributed by atoms with E-state index in [-0.39, 0.29) is 5.82 Å². The van der Waals surface area contributed by atoms with E-state index in [4.69, 9.17) is 15.3 Å². The molecule has 0 aliphatic carbocycles. The van der Waals surface area contributed by atoms with Crippen molar-refractivity contribution in [3.05, 3.63) is 64.5 Å². The van der Waals surface area contributed by atoms with E-state index in [0.717, 1.165) is 11.1 Å². The third kappa shape index (κ3) is 2.63. The smallest absolute Gasteiger partial charge is 0.132 e. The van der Waals surface area contributed by atoms with E-state index in [2.05, 4.69) is 5.43 Å². The SMILES string of the molecule is COc1ccc(C(NN)c2ccc3c(c2)COC3)c(F)c1. The van der Waals surface area contributed by atoms with E-state index in [1.54, 1.807) is 12.1 Å². The molecule has 3 rings (SSSR count). The normalized spacial score (nSPS) is 14.8. The zero-order valence-electron chi connectivity index (χ0n) is 11.7. The van der Waals surface area contributed by atoms with Crippen molar-refractivity contribution in [1.29, 1.82) is 0 Å². The van der Waals surface area contributed by atoms with Gasteiger partial charge in [-0.05, 0) is 22.8 Å². The lowest BCUT2D eigenvalue weighted by Gasteiger charge is -2.19. The fourth-order valence-corrected chi connectivity index (χ4v) is 2.61. The summed E-state index contributed by atoms with van der Waals surface area (Å²) in [7, 11) is 1.51. The molecule has 1 unspecified atom stereocenters. The molecule has 0 bridgehead atoms. The van der Waals surface area contributed by atoms with E-state index < -0.39 is 6.04 Å². The average molecular weight is 288 g/mol. The second-order valence-electron chi connectivity index (χ2n) is 5.01. The van der Waals surface area contributed by atoms with Gasteiger partial charge in [0.2, 0.25) is 0 Å². The Bertz CT molecular complexity index is 661. The summed E-state index contributed by atoms with van der Waals surface area (Å²) in [6, 6.07) is 10.3. The number of hydrogen-bond donors (Lipinski definition) is 2. The number of rotatable bonds is 4. The van der Waals surface area contributed by atoms with Gasteiger partial charge in [0.15, 0.2) is 0 Å². The minimum atomic E-state index is -0.415. The van der Waals surface area contributed by atoms with Crippen molar-refractivity contribution in [2.45, 2.75) is 19.3 Å². The summed E-state index contributed by atoms with van der Waals surface area (Å²) in [4.78, 5) is 0. The van der Waals surface area contributed by atoms with Gasteiger partial charge >= 0.3 is 0 Å². The molecule has 0 spiro atoms. The van der Waals surface area contributed by atoms with Crippen LogP contribution in [0.15, 0.2) is 36.4 Å². The van der Waals surface area contributed by atoms with Gasteiger partial charge in [0.1, 0.15) is 11.6 Å². The standard InChI is InChI=1S/C16H17FN2O2/c1-20-13-4-5-14(15(17)7-13)16(19-18)10-2-3-11-8-21-9-12(11)6-10/h2-7,16,19H,8-9,18H2,1H3. The molecule has 5 heteroatoms. The molecule has 0 radical (unpaired) electrons.